The first kappa shape index (κ1) is 22.8. The molecule has 10 atom stereocenters. The number of nitrogens with two attached hydrogens (primary N) is 2. The van der Waals surface area contributed by atoms with Crippen LogP contribution in [0.1, 0.15) is 13.3 Å². The summed E-state index contributed by atoms with van der Waals surface area (Å²) in [5.74, 6) is 0. The van der Waals surface area contributed by atoms with Crippen molar-refractivity contribution in [2.24, 2.45) is 11.5 Å². The van der Waals surface area contributed by atoms with E-state index in [0.717, 1.165) is 0 Å². The van der Waals surface area contributed by atoms with E-state index in [4.69, 9.17) is 20.9 Å². The van der Waals surface area contributed by atoms with Crippen molar-refractivity contribution in [3.63, 3.8) is 0 Å². The number of hydrogen-bond acceptors (Lipinski definition) is 11. The van der Waals surface area contributed by atoms with E-state index in [-0.39, 0.29) is 26.1 Å². The molecule has 11 N–H and O–H groups in total. The van der Waals surface area contributed by atoms with Crippen molar-refractivity contribution in [1.29, 1.82) is 0 Å². The minimum absolute atomic E-state index is 0.0609. The van der Waals surface area contributed by atoms with Crippen molar-refractivity contribution in [2.75, 3.05) is 26.7 Å². The molecular formula is C16H34N4O7. The van der Waals surface area contributed by atoms with Crippen molar-refractivity contribution in [3.05, 3.63) is 0 Å². The molecule has 1 aliphatic carbocycles. The molecule has 2 rings (SSSR count). The van der Waals surface area contributed by atoms with E-state index in [1.807, 2.05) is 0 Å². The van der Waals surface area contributed by atoms with Crippen LogP contribution in [0, 0.1) is 0 Å². The molecular weight excluding hydrogens is 360 g/mol. The van der Waals surface area contributed by atoms with E-state index in [1.165, 1.54) is 0 Å². The summed E-state index contributed by atoms with van der Waals surface area (Å²) in [5.41, 5.74) is 10.2. The average molecular weight is 394 g/mol. The van der Waals surface area contributed by atoms with Gasteiger partial charge in [-0.1, -0.05) is 0 Å². The molecule has 1 saturated heterocycles. The first-order valence-electron chi connectivity index (χ1n) is 9.21. The minimum Gasteiger partial charge on any atom is -0.390 e. The maximum absolute atomic E-state index is 10.6. The van der Waals surface area contributed by atoms with Crippen LogP contribution in [0.2, 0.25) is 0 Å². The fraction of sp³-hybridized carbons (Fsp3) is 1.00. The SMILES string of the molecule is CNC1(C)C(O)COC(OC2C(NCC(O)CN)CC(N)C(O)C2O)C1O. The highest BCUT2D eigenvalue weighted by atomic mass is 16.7. The molecule has 0 radical (unpaired) electrons. The van der Waals surface area contributed by atoms with E-state index < -0.39 is 60.5 Å². The lowest BCUT2D eigenvalue weighted by molar-refractivity contribution is -0.296. The molecule has 2 aliphatic rings. The Morgan fingerprint density at radius 3 is 2.52 bits per heavy atom. The largest absolute Gasteiger partial charge is 0.390 e. The number of aliphatic hydroxyl groups excluding tert-OH is 5. The van der Waals surface area contributed by atoms with Gasteiger partial charge < -0.3 is 57.1 Å². The van der Waals surface area contributed by atoms with Gasteiger partial charge in [0.1, 0.15) is 18.3 Å². The Hall–Kier alpha value is -0.440. The topological polar surface area (TPSA) is 196 Å². The first-order valence-corrected chi connectivity index (χ1v) is 9.21. The van der Waals surface area contributed by atoms with Crippen LogP contribution in [0.15, 0.2) is 0 Å². The van der Waals surface area contributed by atoms with Crippen molar-refractivity contribution in [3.8, 4) is 0 Å². The second-order valence-electron chi connectivity index (χ2n) is 7.58. The van der Waals surface area contributed by atoms with Crippen molar-refractivity contribution < 1.29 is 35.0 Å². The van der Waals surface area contributed by atoms with Crippen molar-refractivity contribution in [1.82, 2.24) is 10.6 Å². The van der Waals surface area contributed by atoms with Gasteiger partial charge in [-0.05, 0) is 20.4 Å². The predicted molar refractivity (Wildman–Crippen MR) is 95.5 cm³/mol. The zero-order valence-corrected chi connectivity index (χ0v) is 15.7. The quantitative estimate of drug-likeness (QED) is 0.201. The highest BCUT2D eigenvalue weighted by Crippen LogP contribution is 2.30. The lowest BCUT2D eigenvalue weighted by Crippen LogP contribution is -2.70. The van der Waals surface area contributed by atoms with Gasteiger partial charge in [0.25, 0.3) is 0 Å². The fourth-order valence-corrected chi connectivity index (χ4v) is 3.51. The molecule has 0 bridgehead atoms. The van der Waals surface area contributed by atoms with Gasteiger partial charge in [0, 0.05) is 25.2 Å². The summed E-state index contributed by atoms with van der Waals surface area (Å²) < 4.78 is 11.3. The fourth-order valence-electron chi connectivity index (χ4n) is 3.51. The van der Waals surface area contributed by atoms with Crippen LogP contribution in [0.5, 0.6) is 0 Å². The molecule has 11 heteroatoms. The number of likely N-dealkylation sites (N-methyl/N-ethyl adjacent to an activating group) is 1. The molecule has 0 aromatic rings. The zero-order chi connectivity index (χ0) is 20.4. The summed E-state index contributed by atoms with van der Waals surface area (Å²) in [6.07, 6.45) is -7.35. The number of aliphatic hydroxyl groups is 5. The van der Waals surface area contributed by atoms with Gasteiger partial charge in [0.2, 0.25) is 0 Å². The summed E-state index contributed by atoms with van der Waals surface area (Å²) in [6.45, 7) is 1.77. The van der Waals surface area contributed by atoms with Crippen LogP contribution in [-0.4, -0.2) is 113 Å². The van der Waals surface area contributed by atoms with E-state index >= 15 is 0 Å². The minimum atomic E-state index is -1.33. The third-order valence-electron chi connectivity index (χ3n) is 5.75. The molecule has 2 fully saturated rings. The second kappa shape index (κ2) is 9.37. The predicted octanol–water partition coefficient (Wildman–Crippen LogP) is -4.84. The maximum atomic E-state index is 10.6. The van der Waals surface area contributed by atoms with E-state index in [1.54, 1.807) is 14.0 Å². The Morgan fingerprint density at radius 1 is 1.26 bits per heavy atom. The molecule has 27 heavy (non-hydrogen) atoms. The van der Waals surface area contributed by atoms with Gasteiger partial charge in [0.05, 0.1) is 30.5 Å². The molecule has 0 aromatic heterocycles. The van der Waals surface area contributed by atoms with Gasteiger partial charge in [0.15, 0.2) is 6.29 Å². The smallest absolute Gasteiger partial charge is 0.185 e. The Balaban J connectivity index is 2.13. The van der Waals surface area contributed by atoms with Gasteiger partial charge in [-0.3, -0.25) is 0 Å². The summed E-state index contributed by atoms with van der Waals surface area (Å²) in [5, 5.41) is 56.9. The van der Waals surface area contributed by atoms with Crippen molar-refractivity contribution in [2.45, 2.75) is 73.9 Å². The Bertz CT molecular complexity index is 476. The summed E-state index contributed by atoms with van der Waals surface area (Å²) in [6, 6.07) is -1.20. The zero-order valence-electron chi connectivity index (χ0n) is 15.7. The molecule has 0 spiro atoms. The molecule has 11 nitrogen and oxygen atoms in total. The summed E-state index contributed by atoms with van der Waals surface area (Å²) in [7, 11) is 1.60. The molecule has 10 unspecified atom stereocenters. The van der Waals surface area contributed by atoms with Crippen molar-refractivity contribution >= 4 is 0 Å². The van der Waals surface area contributed by atoms with E-state index in [2.05, 4.69) is 10.6 Å². The van der Waals surface area contributed by atoms with Crippen LogP contribution in [0.25, 0.3) is 0 Å². The highest BCUT2D eigenvalue weighted by molar-refractivity contribution is 5.03. The highest BCUT2D eigenvalue weighted by Gasteiger charge is 2.51. The summed E-state index contributed by atoms with van der Waals surface area (Å²) in [4.78, 5) is 0. The van der Waals surface area contributed by atoms with Crippen LogP contribution < -0.4 is 22.1 Å². The van der Waals surface area contributed by atoms with Gasteiger partial charge >= 0.3 is 0 Å². The van der Waals surface area contributed by atoms with Crippen LogP contribution in [-0.2, 0) is 9.47 Å². The number of nitrogens with one attached hydrogen (secondary N) is 2. The Kier molecular flexibility index (Phi) is 7.93. The normalized spacial score (nSPS) is 47.0. The third kappa shape index (κ3) is 4.77. The summed E-state index contributed by atoms with van der Waals surface area (Å²) >= 11 is 0. The molecule has 1 saturated carbocycles. The lowest BCUT2D eigenvalue weighted by Gasteiger charge is -2.49. The number of rotatable bonds is 7. The molecule has 1 aliphatic heterocycles. The first-order chi connectivity index (χ1) is 12.7. The van der Waals surface area contributed by atoms with Crippen LogP contribution in [0.3, 0.4) is 0 Å². The maximum Gasteiger partial charge on any atom is 0.185 e. The molecule has 1 heterocycles. The Labute approximate surface area is 158 Å². The monoisotopic (exact) mass is 394 g/mol. The molecule has 0 amide bonds. The number of hydrogen-bond donors (Lipinski definition) is 9. The standard InChI is InChI=1S/C16H34N4O7/c1-16(19-2)10(22)6-26-15(14(16)25)27-13-9(20-5-7(21)4-17)3-8(18)11(23)12(13)24/h7-15,19-25H,3-6,17-18H2,1-2H3. The van der Waals surface area contributed by atoms with Crippen LogP contribution >= 0.6 is 0 Å². The molecule has 0 aromatic carbocycles. The lowest BCUT2D eigenvalue weighted by atomic mass is 9.83. The van der Waals surface area contributed by atoms with Gasteiger partial charge in [-0.2, -0.15) is 0 Å². The van der Waals surface area contributed by atoms with E-state index in [0.29, 0.717) is 0 Å². The van der Waals surface area contributed by atoms with Crippen LogP contribution in [0.4, 0.5) is 0 Å². The second-order valence-corrected chi connectivity index (χ2v) is 7.58. The average Bonchev–Trinajstić information content (AvgIpc) is 2.66. The van der Waals surface area contributed by atoms with Gasteiger partial charge in [-0.25, -0.2) is 0 Å². The molecule has 160 valence electrons. The Morgan fingerprint density at radius 2 is 1.93 bits per heavy atom. The number of ether oxygens (including phenoxy) is 2. The third-order valence-corrected chi connectivity index (χ3v) is 5.75. The van der Waals surface area contributed by atoms with E-state index in [9.17, 15) is 25.5 Å². The van der Waals surface area contributed by atoms with Gasteiger partial charge in [-0.15, -0.1) is 0 Å².